The maximum Gasteiger partial charge on any atom is 0.305 e. The summed E-state index contributed by atoms with van der Waals surface area (Å²) in [6.07, 6.45) is 13.5. The number of Topliss-reactive ketones (excluding diaryl/α,β-unsaturated/α-hetero) is 1. The summed E-state index contributed by atoms with van der Waals surface area (Å²) >= 11 is 0. The van der Waals surface area contributed by atoms with E-state index in [2.05, 4.69) is 6.92 Å². The topological polar surface area (TPSA) is 101 Å². The van der Waals surface area contributed by atoms with Gasteiger partial charge in [-0.25, -0.2) is 0 Å². The molecule has 0 saturated heterocycles. The minimum atomic E-state index is -0.436. The number of phenolic OH excluding ortho intramolecular Hbond substituents is 2. The SMILES string of the molecule is CCCCCC(=O)OCCCCCCCCCCC1=CC(=O)c2c(O)ccc(O)c2C1=O. The molecule has 0 radical (unpaired) electrons. The van der Waals surface area contributed by atoms with Gasteiger partial charge in [-0.1, -0.05) is 58.3 Å². The van der Waals surface area contributed by atoms with Gasteiger partial charge < -0.3 is 14.9 Å². The first-order valence-electron chi connectivity index (χ1n) is 12.0. The van der Waals surface area contributed by atoms with Gasteiger partial charge in [-0.2, -0.15) is 0 Å². The van der Waals surface area contributed by atoms with E-state index < -0.39 is 5.78 Å². The van der Waals surface area contributed by atoms with Crippen LogP contribution in [0.5, 0.6) is 11.5 Å². The molecule has 1 aliphatic rings. The first-order chi connectivity index (χ1) is 15.5. The van der Waals surface area contributed by atoms with E-state index >= 15 is 0 Å². The number of unbranched alkanes of at least 4 members (excludes halogenated alkanes) is 9. The molecule has 0 heterocycles. The van der Waals surface area contributed by atoms with Crippen molar-refractivity contribution in [2.45, 2.75) is 90.4 Å². The average Bonchev–Trinajstić information content (AvgIpc) is 2.77. The Labute approximate surface area is 190 Å². The number of ketones is 2. The number of phenols is 2. The van der Waals surface area contributed by atoms with Crippen LogP contribution in [0.4, 0.5) is 0 Å². The molecule has 0 bridgehead atoms. The number of fused-ring (bicyclic) bond motifs is 1. The Morgan fingerprint density at radius 1 is 0.812 bits per heavy atom. The van der Waals surface area contributed by atoms with Crippen LogP contribution in [-0.2, 0) is 9.53 Å². The Kier molecular flexibility index (Phi) is 11.0. The van der Waals surface area contributed by atoms with Crippen molar-refractivity contribution >= 4 is 17.5 Å². The monoisotopic (exact) mass is 444 g/mol. The van der Waals surface area contributed by atoms with E-state index in [9.17, 15) is 24.6 Å². The molecular formula is C26H36O6. The molecule has 1 aromatic rings. The minimum Gasteiger partial charge on any atom is -0.507 e. The molecule has 1 aromatic carbocycles. The van der Waals surface area contributed by atoms with Crippen LogP contribution in [0.3, 0.4) is 0 Å². The summed E-state index contributed by atoms with van der Waals surface area (Å²) in [5.74, 6) is -1.44. The second-order valence-corrected chi connectivity index (χ2v) is 8.47. The van der Waals surface area contributed by atoms with Crippen LogP contribution in [0.2, 0.25) is 0 Å². The lowest BCUT2D eigenvalue weighted by atomic mass is 9.86. The molecule has 0 amide bonds. The number of carbonyl (C=O) groups is 3. The average molecular weight is 445 g/mol. The van der Waals surface area contributed by atoms with E-state index in [0.29, 0.717) is 25.0 Å². The highest BCUT2D eigenvalue weighted by Gasteiger charge is 2.30. The number of hydrogen-bond acceptors (Lipinski definition) is 6. The van der Waals surface area contributed by atoms with Gasteiger partial charge in [-0.3, -0.25) is 14.4 Å². The molecular weight excluding hydrogens is 408 g/mol. The molecule has 6 nitrogen and oxygen atoms in total. The van der Waals surface area contributed by atoms with E-state index in [1.165, 1.54) is 18.2 Å². The maximum atomic E-state index is 12.6. The normalized spacial score (nSPS) is 13.1. The van der Waals surface area contributed by atoms with E-state index in [0.717, 1.165) is 70.6 Å². The third-order valence-corrected chi connectivity index (χ3v) is 5.82. The fourth-order valence-electron chi connectivity index (χ4n) is 3.96. The van der Waals surface area contributed by atoms with Crippen molar-refractivity contribution < 1.29 is 29.3 Å². The van der Waals surface area contributed by atoms with E-state index in [-0.39, 0.29) is 34.4 Å². The minimum absolute atomic E-state index is 0.0813. The Morgan fingerprint density at radius 3 is 2.06 bits per heavy atom. The van der Waals surface area contributed by atoms with Gasteiger partial charge in [0, 0.05) is 12.0 Å². The van der Waals surface area contributed by atoms with Crippen molar-refractivity contribution in [1.82, 2.24) is 0 Å². The summed E-state index contributed by atoms with van der Waals surface area (Å²) in [4.78, 5) is 36.4. The van der Waals surface area contributed by atoms with Crippen LogP contribution in [0.25, 0.3) is 0 Å². The lowest BCUT2D eigenvalue weighted by molar-refractivity contribution is -0.143. The molecule has 2 rings (SSSR count). The Balaban J connectivity index is 1.54. The van der Waals surface area contributed by atoms with E-state index in [4.69, 9.17) is 4.74 Å². The number of allylic oxidation sites excluding steroid dienone is 2. The van der Waals surface area contributed by atoms with E-state index in [1.54, 1.807) is 0 Å². The van der Waals surface area contributed by atoms with Gasteiger partial charge in [0.15, 0.2) is 11.6 Å². The first-order valence-corrected chi connectivity index (χ1v) is 12.0. The second kappa shape index (κ2) is 13.7. The number of ether oxygens (including phenoxy) is 1. The molecule has 0 saturated carbocycles. The molecule has 0 fully saturated rings. The molecule has 32 heavy (non-hydrogen) atoms. The van der Waals surface area contributed by atoms with E-state index in [1.807, 2.05) is 0 Å². The van der Waals surface area contributed by atoms with Gasteiger partial charge >= 0.3 is 5.97 Å². The van der Waals surface area contributed by atoms with Crippen LogP contribution in [0.15, 0.2) is 23.8 Å². The molecule has 1 aliphatic carbocycles. The summed E-state index contributed by atoms with van der Waals surface area (Å²) in [7, 11) is 0. The molecule has 0 spiro atoms. The molecule has 0 unspecified atom stereocenters. The first kappa shape index (κ1) is 25.6. The van der Waals surface area contributed by atoms with Gasteiger partial charge in [0.1, 0.15) is 11.5 Å². The van der Waals surface area contributed by atoms with Crippen molar-refractivity contribution in [3.8, 4) is 11.5 Å². The summed E-state index contributed by atoms with van der Waals surface area (Å²) in [5.41, 5.74) is 0.205. The molecule has 2 N–H and O–H groups in total. The lowest BCUT2D eigenvalue weighted by Gasteiger charge is -2.17. The van der Waals surface area contributed by atoms with Crippen LogP contribution < -0.4 is 0 Å². The zero-order valence-corrected chi connectivity index (χ0v) is 19.2. The highest BCUT2D eigenvalue weighted by Crippen LogP contribution is 2.35. The predicted molar refractivity (Wildman–Crippen MR) is 123 cm³/mol. The van der Waals surface area contributed by atoms with Gasteiger partial charge in [-0.15, -0.1) is 0 Å². The van der Waals surface area contributed by atoms with Gasteiger partial charge in [0.2, 0.25) is 0 Å². The van der Waals surface area contributed by atoms with Crippen molar-refractivity contribution in [2.75, 3.05) is 6.61 Å². The Morgan fingerprint density at radius 2 is 1.41 bits per heavy atom. The maximum absolute atomic E-state index is 12.6. The largest absolute Gasteiger partial charge is 0.507 e. The predicted octanol–water partition coefficient (Wildman–Crippen LogP) is 6.04. The highest BCUT2D eigenvalue weighted by atomic mass is 16.5. The Bertz CT molecular complexity index is 824. The third-order valence-electron chi connectivity index (χ3n) is 5.82. The summed E-state index contributed by atoms with van der Waals surface area (Å²) in [6, 6.07) is 2.46. The molecule has 0 aromatic heterocycles. The molecule has 176 valence electrons. The number of benzene rings is 1. The highest BCUT2D eigenvalue weighted by molar-refractivity contribution is 6.26. The van der Waals surface area contributed by atoms with Crippen LogP contribution in [0, 0.1) is 0 Å². The number of esters is 1. The summed E-state index contributed by atoms with van der Waals surface area (Å²) < 4.78 is 5.23. The zero-order chi connectivity index (χ0) is 23.3. The van der Waals surface area contributed by atoms with Crippen molar-refractivity contribution in [1.29, 1.82) is 0 Å². The van der Waals surface area contributed by atoms with Crippen LogP contribution >= 0.6 is 0 Å². The van der Waals surface area contributed by atoms with Gasteiger partial charge in [0.05, 0.1) is 17.7 Å². The third kappa shape index (κ3) is 7.81. The van der Waals surface area contributed by atoms with Gasteiger partial charge in [-0.05, 0) is 43.9 Å². The van der Waals surface area contributed by atoms with Crippen molar-refractivity contribution in [3.63, 3.8) is 0 Å². The number of carbonyl (C=O) groups excluding carboxylic acids is 3. The summed E-state index contributed by atoms with van der Waals surface area (Å²) in [5, 5.41) is 19.8. The standard InChI is InChI=1S/C26H36O6/c1-2-3-10-14-23(30)32-17-12-9-7-5-4-6-8-11-13-19-18-22(29)24-20(27)15-16-21(28)25(24)26(19)31/h15-16,18,27-28H,2-14,17H2,1H3. The van der Waals surface area contributed by atoms with Crippen LogP contribution in [0.1, 0.15) is 111 Å². The van der Waals surface area contributed by atoms with Crippen LogP contribution in [-0.4, -0.2) is 34.4 Å². The zero-order valence-electron chi connectivity index (χ0n) is 19.2. The second-order valence-electron chi connectivity index (χ2n) is 8.47. The molecule has 0 aliphatic heterocycles. The smallest absolute Gasteiger partial charge is 0.305 e. The number of hydrogen-bond donors (Lipinski definition) is 2. The fourth-order valence-corrected chi connectivity index (χ4v) is 3.96. The van der Waals surface area contributed by atoms with Gasteiger partial charge in [0.25, 0.3) is 0 Å². The molecule has 0 atom stereocenters. The summed E-state index contributed by atoms with van der Waals surface area (Å²) in [6.45, 7) is 2.63. The number of aromatic hydroxyl groups is 2. The van der Waals surface area contributed by atoms with Crippen molar-refractivity contribution in [2.24, 2.45) is 0 Å². The Hall–Kier alpha value is -2.63. The lowest BCUT2D eigenvalue weighted by Crippen LogP contribution is -2.17. The quantitative estimate of drug-likeness (QED) is 0.194. The molecule has 6 heteroatoms. The number of rotatable bonds is 15. The fraction of sp³-hybridized carbons (Fsp3) is 0.577. The van der Waals surface area contributed by atoms with Crippen molar-refractivity contribution in [3.05, 3.63) is 34.9 Å².